The van der Waals surface area contributed by atoms with Crippen LogP contribution in [0.25, 0.3) is 0 Å². The van der Waals surface area contributed by atoms with Gasteiger partial charge in [0.1, 0.15) is 0 Å². The first-order valence-electron chi connectivity index (χ1n) is 6.63. The lowest BCUT2D eigenvalue weighted by atomic mass is 10.0. The first-order chi connectivity index (χ1) is 9.52. The molecule has 1 aromatic carbocycles. The van der Waals surface area contributed by atoms with Crippen molar-refractivity contribution in [3.05, 3.63) is 51.0 Å². The van der Waals surface area contributed by atoms with Crippen LogP contribution in [0.15, 0.2) is 18.2 Å². The van der Waals surface area contributed by atoms with Crippen molar-refractivity contribution in [3.63, 3.8) is 0 Å². The second-order valence-corrected chi connectivity index (χ2v) is 5.99. The Morgan fingerprint density at radius 1 is 1.30 bits per heavy atom. The number of hydrogen-bond acceptors (Lipinski definition) is 3. The molecule has 1 heterocycles. The van der Waals surface area contributed by atoms with Crippen LogP contribution in [-0.2, 0) is 6.42 Å². The molecule has 0 aliphatic heterocycles. The summed E-state index contributed by atoms with van der Waals surface area (Å²) in [5.74, 6) is -1.58. The number of aromatic nitrogens is 1. The van der Waals surface area contributed by atoms with E-state index in [1.165, 1.54) is 6.07 Å². The summed E-state index contributed by atoms with van der Waals surface area (Å²) in [4.78, 5) is 5.63. The average molecular weight is 296 g/mol. The Balaban J connectivity index is 2.29. The summed E-state index contributed by atoms with van der Waals surface area (Å²) >= 11 is 1.61. The summed E-state index contributed by atoms with van der Waals surface area (Å²) in [5, 5.41) is 4.14. The van der Waals surface area contributed by atoms with Crippen molar-refractivity contribution in [1.82, 2.24) is 10.3 Å². The lowest BCUT2D eigenvalue weighted by Crippen LogP contribution is -2.24. The van der Waals surface area contributed by atoms with Crippen LogP contribution >= 0.6 is 11.3 Å². The molecule has 0 fully saturated rings. The molecule has 1 N–H and O–H groups in total. The van der Waals surface area contributed by atoms with Gasteiger partial charge < -0.3 is 5.32 Å². The van der Waals surface area contributed by atoms with Gasteiger partial charge in [0.05, 0.1) is 10.7 Å². The van der Waals surface area contributed by atoms with E-state index in [1.54, 1.807) is 17.4 Å². The minimum atomic E-state index is -0.808. The number of aryl methyl sites for hydroxylation is 2. The number of nitrogens with one attached hydrogen (secondary N) is 1. The van der Waals surface area contributed by atoms with E-state index in [4.69, 9.17) is 0 Å². The minimum absolute atomic E-state index is 0.263. The summed E-state index contributed by atoms with van der Waals surface area (Å²) in [6.07, 6.45) is 0.563. The summed E-state index contributed by atoms with van der Waals surface area (Å²) in [6, 6.07) is 4.04. The van der Waals surface area contributed by atoms with Crippen LogP contribution in [0.1, 0.15) is 34.1 Å². The van der Waals surface area contributed by atoms with Gasteiger partial charge in [-0.25, -0.2) is 13.8 Å². The zero-order chi connectivity index (χ0) is 14.7. The van der Waals surface area contributed by atoms with Crippen LogP contribution in [0.3, 0.4) is 0 Å². The maximum atomic E-state index is 13.9. The van der Waals surface area contributed by atoms with Crippen molar-refractivity contribution in [1.29, 1.82) is 0 Å². The number of hydrogen-bond donors (Lipinski definition) is 1. The van der Waals surface area contributed by atoms with E-state index in [0.717, 1.165) is 21.6 Å². The van der Waals surface area contributed by atoms with E-state index in [0.29, 0.717) is 18.5 Å². The highest BCUT2D eigenvalue weighted by atomic mass is 32.1. The van der Waals surface area contributed by atoms with Gasteiger partial charge in [-0.1, -0.05) is 19.1 Å². The van der Waals surface area contributed by atoms with E-state index in [9.17, 15) is 8.78 Å². The Kier molecular flexibility index (Phi) is 4.83. The molecule has 0 bridgehead atoms. The van der Waals surface area contributed by atoms with Crippen molar-refractivity contribution in [2.24, 2.45) is 0 Å². The summed E-state index contributed by atoms with van der Waals surface area (Å²) in [6.45, 7) is 6.61. The average Bonchev–Trinajstić information content (AvgIpc) is 2.71. The second kappa shape index (κ2) is 6.41. The molecular weight excluding hydrogens is 278 g/mol. The first kappa shape index (κ1) is 15.1. The van der Waals surface area contributed by atoms with E-state index >= 15 is 0 Å². The van der Waals surface area contributed by atoms with Crippen molar-refractivity contribution >= 4 is 11.3 Å². The Hall–Kier alpha value is -1.33. The highest BCUT2D eigenvalue weighted by molar-refractivity contribution is 7.11. The topological polar surface area (TPSA) is 24.9 Å². The van der Waals surface area contributed by atoms with Crippen molar-refractivity contribution in [3.8, 4) is 0 Å². The van der Waals surface area contributed by atoms with Gasteiger partial charge in [-0.15, -0.1) is 11.3 Å². The van der Waals surface area contributed by atoms with Gasteiger partial charge in [0.15, 0.2) is 11.6 Å². The maximum absolute atomic E-state index is 13.9. The SMILES string of the molecule is CCNC(Cc1nc(C)c(C)s1)c1cccc(F)c1F. The monoisotopic (exact) mass is 296 g/mol. The molecule has 0 spiro atoms. The lowest BCUT2D eigenvalue weighted by Gasteiger charge is -2.18. The summed E-state index contributed by atoms with van der Waals surface area (Å²) < 4.78 is 27.3. The maximum Gasteiger partial charge on any atom is 0.163 e. The van der Waals surface area contributed by atoms with Crippen LogP contribution in [0, 0.1) is 25.5 Å². The predicted octanol–water partition coefficient (Wildman–Crippen LogP) is 3.93. The Bertz CT molecular complexity index is 576. The predicted molar refractivity (Wildman–Crippen MR) is 78.1 cm³/mol. The van der Waals surface area contributed by atoms with Crippen LogP contribution in [0.5, 0.6) is 0 Å². The number of likely N-dealkylation sites (N-methyl/N-ethyl adjacent to an activating group) is 1. The lowest BCUT2D eigenvalue weighted by molar-refractivity contribution is 0.464. The number of benzene rings is 1. The molecule has 0 saturated heterocycles. The molecule has 2 aromatic rings. The molecule has 1 aromatic heterocycles. The third kappa shape index (κ3) is 3.22. The van der Waals surface area contributed by atoms with Gasteiger partial charge in [0.25, 0.3) is 0 Å². The molecule has 0 amide bonds. The van der Waals surface area contributed by atoms with Gasteiger partial charge in [-0.3, -0.25) is 0 Å². The number of thiazole rings is 1. The van der Waals surface area contributed by atoms with Gasteiger partial charge in [-0.2, -0.15) is 0 Å². The Labute approximate surface area is 121 Å². The molecule has 20 heavy (non-hydrogen) atoms. The Morgan fingerprint density at radius 2 is 2.05 bits per heavy atom. The van der Waals surface area contributed by atoms with Crippen LogP contribution in [0.2, 0.25) is 0 Å². The first-order valence-corrected chi connectivity index (χ1v) is 7.44. The van der Waals surface area contributed by atoms with E-state index < -0.39 is 11.6 Å². The molecule has 0 aliphatic carbocycles. The standard InChI is InChI=1S/C15H18F2N2S/c1-4-18-13(8-14-19-9(2)10(3)20-14)11-6-5-7-12(16)15(11)17/h5-7,13,18H,4,8H2,1-3H3. The van der Waals surface area contributed by atoms with Crippen molar-refractivity contribution < 1.29 is 8.78 Å². The fraction of sp³-hybridized carbons (Fsp3) is 0.400. The largest absolute Gasteiger partial charge is 0.310 e. The molecule has 0 radical (unpaired) electrons. The molecule has 0 saturated carbocycles. The third-order valence-corrected chi connectivity index (χ3v) is 4.35. The van der Waals surface area contributed by atoms with Crippen LogP contribution < -0.4 is 5.32 Å². The summed E-state index contributed by atoms with van der Waals surface area (Å²) in [5.41, 5.74) is 1.36. The molecular formula is C15H18F2N2S. The van der Waals surface area contributed by atoms with E-state index in [2.05, 4.69) is 10.3 Å². The van der Waals surface area contributed by atoms with E-state index in [-0.39, 0.29) is 6.04 Å². The van der Waals surface area contributed by atoms with Crippen LogP contribution in [0.4, 0.5) is 8.78 Å². The zero-order valence-corrected chi connectivity index (χ0v) is 12.7. The molecule has 2 rings (SSSR count). The third-order valence-electron chi connectivity index (χ3n) is 3.26. The summed E-state index contributed by atoms with van der Waals surface area (Å²) in [7, 11) is 0. The number of halogens is 2. The zero-order valence-electron chi connectivity index (χ0n) is 11.8. The van der Waals surface area contributed by atoms with Crippen LogP contribution in [-0.4, -0.2) is 11.5 Å². The molecule has 0 aliphatic rings. The second-order valence-electron chi connectivity index (χ2n) is 4.71. The molecule has 1 atom stereocenters. The van der Waals surface area contributed by atoms with E-state index in [1.807, 2.05) is 20.8 Å². The Morgan fingerprint density at radius 3 is 2.65 bits per heavy atom. The molecule has 108 valence electrons. The highest BCUT2D eigenvalue weighted by Gasteiger charge is 2.19. The number of rotatable bonds is 5. The molecule has 1 unspecified atom stereocenters. The molecule has 2 nitrogen and oxygen atoms in total. The highest BCUT2D eigenvalue weighted by Crippen LogP contribution is 2.26. The fourth-order valence-corrected chi connectivity index (χ4v) is 3.11. The number of nitrogens with zero attached hydrogens (tertiary/aromatic N) is 1. The minimum Gasteiger partial charge on any atom is -0.310 e. The van der Waals surface area contributed by atoms with Crippen molar-refractivity contribution in [2.45, 2.75) is 33.2 Å². The smallest absolute Gasteiger partial charge is 0.163 e. The normalized spacial score (nSPS) is 12.7. The quantitative estimate of drug-likeness (QED) is 0.904. The van der Waals surface area contributed by atoms with Gasteiger partial charge >= 0.3 is 0 Å². The fourth-order valence-electron chi connectivity index (χ4n) is 2.13. The molecule has 5 heteroatoms. The van der Waals surface area contributed by atoms with Gasteiger partial charge in [-0.05, 0) is 26.5 Å². The van der Waals surface area contributed by atoms with Gasteiger partial charge in [0, 0.05) is 22.9 Å². The van der Waals surface area contributed by atoms with Crippen molar-refractivity contribution in [2.75, 3.05) is 6.54 Å². The van der Waals surface area contributed by atoms with Gasteiger partial charge in [0.2, 0.25) is 0 Å².